The molecular formula is C9H9N5O. The van der Waals surface area contributed by atoms with Gasteiger partial charge in [0.15, 0.2) is 5.82 Å². The number of aromatic amines is 1. The van der Waals surface area contributed by atoms with Crippen molar-refractivity contribution >= 4 is 11.8 Å². The SMILES string of the molecule is NC(=O)Nc1cc(-c2ccncc2)[nH]n1. The molecule has 0 aromatic carbocycles. The topological polar surface area (TPSA) is 96.7 Å². The van der Waals surface area contributed by atoms with Gasteiger partial charge in [0.05, 0.1) is 5.69 Å². The van der Waals surface area contributed by atoms with E-state index in [1.165, 1.54) is 0 Å². The molecule has 0 aliphatic rings. The summed E-state index contributed by atoms with van der Waals surface area (Å²) in [5.74, 6) is 0.398. The molecule has 4 N–H and O–H groups in total. The van der Waals surface area contributed by atoms with E-state index < -0.39 is 6.03 Å². The molecule has 6 nitrogen and oxygen atoms in total. The van der Waals surface area contributed by atoms with Crippen LogP contribution >= 0.6 is 0 Å². The second-order valence-corrected chi connectivity index (χ2v) is 2.89. The summed E-state index contributed by atoms with van der Waals surface area (Å²) in [6.45, 7) is 0. The number of nitrogens with zero attached hydrogens (tertiary/aromatic N) is 2. The minimum atomic E-state index is -0.636. The molecule has 6 heteroatoms. The van der Waals surface area contributed by atoms with E-state index in [2.05, 4.69) is 20.5 Å². The molecule has 0 atom stereocenters. The van der Waals surface area contributed by atoms with Crippen molar-refractivity contribution in [3.63, 3.8) is 0 Å². The van der Waals surface area contributed by atoms with Crippen LogP contribution in [0.15, 0.2) is 30.6 Å². The molecule has 76 valence electrons. The van der Waals surface area contributed by atoms with Crippen molar-refractivity contribution in [1.82, 2.24) is 15.2 Å². The Morgan fingerprint density at radius 2 is 2.13 bits per heavy atom. The van der Waals surface area contributed by atoms with Gasteiger partial charge in [0.25, 0.3) is 0 Å². The molecule has 0 unspecified atom stereocenters. The first kappa shape index (κ1) is 9.20. The molecule has 0 aliphatic carbocycles. The van der Waals surface area contributed by atoms with E-state index in [1.807, 2.05) is 12.1 Å². The predicted octanol–water partition coefficient (Wildman–Crippen LogP) is 0.962. The third-order valence-electron chi connectivity index (χ3n) is 1.82. The average Bonchev–Trinajstić information content (AvgIpc) is 2.67. The summed E-state index contributed by atoms with van der Waals surface area (Å²) in [5, 5.41) is 9.03. The number of carbonyl (C=O) groups excluding carboxylic acids is 1. The molecule has 0 saturated heterocycles. The fourth-order valence-electron chi connectivity index (χ4n) is 1.19. The number of urea groups is 1. The molecule has 2 aromatic rings. The van der Waals surface area contributed by atoms with Gasteiger partial charge in [-0.25, -0.2) is 4.79 Å². The Morgan fingerprint density at radius 1 is 1.40 bits per heavy atom. The van der Waals surface area contributed by atoms with E-state index >= 15 is 0 Å². The summed E-state index contributed by atoms with van der Waals surface area (Å²) in [7, 11) is 0. The molecule has 0 saturated carbocycles. The number of primary amides is 1. The van der Waals surface area contributed by atoms with Crippen molar-refractivity contribution < 1.29 is 4.79 Å². The van der Waals surface area contributed by atoms with Crippen molar-refractivity contribution in [3.8, 4) is 11.3 Å². The zero-order chi connectivity index (χ0) is 10.7. The van der Waals surface area contributed by atoms with Crippen molar-refractivity contribution in [1.29, 1.82) is 0 Å². The number of aromatic nitrogens is 3. The minimum absolute atomic E-state index is 0.398. The first-order valence-corrected chi connectivity index (χ1v) is 4.28. The Morgan fingerprint density at radius 3 is 2.80 bits per heavy atom. The van der Waals surface area contributed by atoms with Gasteiger partial charge in [-0.1, -0.05) is 0 Å². The molecule has 2 amide bonds. The normalized spacial score (nSPS) is 9.87. The Hall–Kier alpha value is -2.37. The van der Waals surface area contributed by atoms with E-state index in [0.29, 0.717) is 5.82 Å². The van der Waals surface area contributed by atoms with E-state index in [4.69, 9.17) is 5.73 Å². The van der Waals surface area contributed by atoms with Crippen LogP contribution in [0.5, 0.6) is 0 Å². The quantitative estimate of drug-likeness (QED) is 0.678. The van der Waals surface area contributed by atoms with Gasteiger partial charge in [0, 0.05) is 24.0 Å². The highest BCUT2D eigenvalue weighted by Gasteiger charge is 2.03. The second kappa shape index (κ2) is 3.79. The fraction of sp³-hybridized carbons (Fsp3) is 0. The smallest absolute Gasteiger partial charge is 0.317 e. The number of nitrogens with two attached hydrogens (primary N) is 1. The van der Waals surface area contributed by atoms with Crippen molar-refractivity contribution in [2.75, 3.05) is 5.32 Å². The van der Waals surface area contributed by atoms with Gasteiger partial charge < -0.3 is 5.73 Å². The number of rotatable bonds is 2. The van der Waals surface area contributed by atoms with Crippen LogP contribution in [-0.4, -0.2) is 21.2 Å². The standard InChI is InChI=1S/C9H9N5O/c10-9(15)12-8-5-7(13-14-8)6-1-3-11-4-2-6/h1-5H,(H4,10,12,13,14,15). The van der Waals surface area contributed by atoms with E-state index in [-0.39, 0.29) is 0 Å². The first-order valence-electron chi connectivity index (χ1n) is 4.28. The largest absolute Gasteiger partial charge is 0.351 e. The monoisotopic (exact) mass is 203 g/mol. The van der Waals surface area contributed by atoms with Gasteiger partial charge in [-0.15, -0.1) is 0 Å². The Balaban J connectivity index is 2.24. The van der Waals surface area contributed by atoms with Crippen molar-refractivity contribution in [3.05, 3.63) is 30.6 Å². The maximum absolute atomic E-state index is 10.6. The maximum atomic E-state index is 10.6. The summed E-state index contributed by atoms with van der Waals surface area (Å²) < 4.78 is 0. The summed E-state index contributed by atoms with van der Waals surface area (Å²) in [6, 6.07) is 4.73. The fourth-order valence-corrected chi connectivity index (χ4v) is 1.19. The van der Waals surface area contributed by atoms with Crippen LogP contribution in [0, 0.1) is 0 Å². The van der Waals surface area contributed by atoms with Crippen LogP contribution in [0.1, 0.15) is 0 Å². The van der Waals surface area contributed by atoms with Crippen LogP contribution in [0.4, 0.5) is 10.6 Å². The number of hydrogen-bond donors (Lipinski definition) is 3. The van der Waals surface area contributed by atoms with E-state index in [0.717, 1.165) is 11.3 Å². The molecule has 0 bridgehead atoms. The zero-order valence-electron chi connectivity index (χ0n) is 7.77. The molecule has 0 spiro atoms. The van der Waals surface area contributed by atoms with Crippen molar-refractivity contribution in [2.24, 2.45) is 5.73 Å². The third kappa shape index (κ3) is 2.11. The third-order valence-corrected chi connectivity index (χ3v) is 1.82. The summed E-state index contributed by atoms with van der Waals surface area (Å²) in [4.78, 5) is 14.5. The molecule has 2 rings (SSSR count). The molecule has 15 heavy (non-hydrogen) atoms. The number of H-pyrrole nitrogens is 1. The lowest BCUT2D eigenvalue weighted by atomic mass is 10.2. The highest BCUT2D eigenvalue weighted by molar-refractivity contribution is 5.87. The molecule has 2 heterocycles. The minimum Gasteiger partial charge on any atom is -0.351 e. The number of anilines is 1. The highest BCUT2D eigenvalue weighted by Crippen LogP contribution is 2.18. The lowest BCUT2D eigenvalue weighted by Gasteiger charge is -1.94. The van der Waals surface area contributed by atoms with Crippen molar-refractivity contribution in [2.45, 2.75) is 0 Å². The van der Waals surface area contributed by atoms with Gasteiger partial charge in [0.1, 0.15) is 0 Å². The van der Waals surface area contributed by atoms with Crippen LogP contribution < -0.4 is 11.1 Å². The lowest BCUT2D eigenvalue weighted by molar-refractivity contribution is 0.259. The second-order valence-electron chi connectivity index (χ2n) is 2.89. The number of pyridine rings is 1. The Kier molecular flexibility index (Phi) is 2.32. The van der Waals surface area contributed by atoms with Crippen LogP contribution in [0.25, 0.3) is 11.3 Å². The summed E-state index contributed by atoms with van der Waals surface area (Å²) >= 11 is 0. The summed E-state index contributed by atoms with van der Waals surface area (Å²) in [6.07, 6.45) is 3.36. The maximum Gasteiger partial charge on any atom is 0.317 e. The molecule has 0 fully saturated rings. The highest BCUT2D eigenvalue weighted by atomic mass is 16.2. The van der Waals surface area contributed by atoms with E-state index in [1.54, 1.807) is 18.5 Å². The van der Waals surface area contributed by atoms with Crippen LogP contribution in [0.3, 0.4) is 0 Å². The molecular weight excluding hydrogens is 194 g/mol. The summed E-state index contributed by atoms with van der Waals surface area (Å²) in [5.41, 5.74) is 6.69. The van der Waals surface area contributed by atoms with Crippen LogP contribution in [-0.2, 0) is 0 Å². The number of hydrogen-bond acceptors (Lipinski definition) is 3. The predicted molar refractivity (Wildman–Crippen MR) is 55.0 cm³/mol. The lowest BCUT2D eigenvalue weighted by Crippen LogP contribution is -2.19. The number of amides is 2. The Bertz CT molecular complexity index is 464. The molecule has 0 radical (unpaired) electrons. The average molecular weight is 203 g/mol. The number of nitrogens with one attached hydrogen (secondary N) is 2. The number of carbonyl (C=O) groups is 1. The first-order chi connectivity index (χ1) is 7.25. The van der Waals surface area contributed by atoms with Gasteiger partial charge in [-0.05, 0) is 12.1 Å². The van der Waals surface area contributed by atoms with Gasteiger partial charge >= 0.3 is 6.03 Å². The van der Waals surface area contributed by atoms with Gasteiger partial charge in [-0.2, -0.15) is 5.10 Å². The Labute approximate surface area is 85.5 Å². The van der Waals surface area contributed by atoms with Gasteiger partial charge in [-0.3, -0.25) is 15.4 Å². The van der Waals surface area contributed by atoms with E-state index in [9.17, 15) is 4.79 Å². The molecule has 2 aromatic heterocycles. The van der Waals surface area contributed by atoms with Crippen LogP contribution in [0.2, 0.25) is 0 Å². The van der Waals surface area contributed by atoms with Gasteiger partial charge in [0.2, 0.25) is 0 Å². The molecule has 0 aliphatic heterocycles. The zero-order valence-corrected chi connectivity index (χ0v) is 7.77.